The Labute approximate surface area is 196 Å². The molecule has 1 heterocycles. The van der Waals surface area contributed by atoms with Crippen LogP contribution in [0.4, 0.5) is 17.1 Å². The zero-order chi connectivity index (χ0) is 23.0. The Morgan fingerprint density at radius 1 is 0.879 bits per heavy atom. The number of hydrogen-bond donors (Lipinski definition) is 1. The van der Waals surface area contributed by atoms with E-state index in [0.717, 1.165) is 22.5 Å². The van der Waals surface area contributed by atoms with Crippen LogP contribution in [-0.2, 0) is 5.60 Å². The van der Waals surface area contributed by atoms with E-state index in [1.165, 1.54) is 12.1 Å². The molecule has 4 aromatic carbocycles. The molecule has 1 aliphatic heterocycles. The van der Waals surface area contributed by atoms with Crippen LogP contribution in [0.5, 0.6) is 0 Å². The van der Waals surface area contributed by atoms with Crippen LogP contribution in [0.15, 0.2) is 103 Å². The molecule has 1 N–H and O–H groups in total. The summed E-state index contributed by atoms with van der Waals surface area (Å²) in [6, 6.07) is 31.5. The highest BCUT2D eigenvalue weighted by Crippen LogP contribution is 2.52. The molecule has 4 aromatic rings. The van der Waals surface area contributed by atoms with E-state index in [1.807, 2.05) is 66.7 Å². The first-order chi connectivity index (χ1) is 16.0. The van der Waals surface area contributed by atoms with Crippen LogP contribution in [0.1, 0.15) is 29.2 Å². The van der Waals surface area contributed by atoms with Crippen molar-refractivity contribution in [2.45, 2.75) is 18.1 Å². The summed E-state index contributed by atoms with van der Waals surface area (Å²) in [5.74, 6) is 0. The Hall–Kier alpha value is -3.67. The predicted molar refractivity (Wildman–Crippen MR) is 130 cm³/mol. The van der Waals surface area contributed by atoms with Gasteiger partial charge in [-0.1, -0.05) is 60.1 Å². The smallest absolute Gasteiger partial charge is 0.269 e. The molecule has 164 valence electrons. The second-order valence-corrected chi connectivity index (χ2v) is 8.59. The van der Waals surface area contributed by atoms with E-state index < -0.39 is 10.5 Å². The number of hydrogen-bond acceptors (Lipinski definition) is 4. The molecule has 5 rings (SSSR count). The fourth-order valence-electron chi connectivity index (χ4n) is 4.68. The predicted octanol–water partition coefficient (Wildman–Crippen LogP) is 6.77. The molecule has 0 spiro atoms. The molecule has 0 aliphatic carbocycles. The largest absolute Gasteiger partial charge is 0.380 e. The van der Waals surface area contributed by atoms with Gasteiger partial charge in [-0.05, 0) is 53.6 Å². The van der Waals surface area contributed by atoms with Crippen LogP contribution in [0.2, 0.25) is 5.02 Å². The molecule has 0 aromatic heterocycles. The number of halogens is 1. The van der Waals surface area contributed by atoms with Crippen LogP contribution in [0, 0.1) is 10.1 Å². The molecule has 6 heteroatoms. The number of aliphatic hydroxyl groups is 1. The third-order valence-corrected chi connectivity index (χ3v) is 6.51. The standard InChI is InChI=1S/C27H21ClN2O3/c28-21-12-16-22(17-13-21)29-25-9-5-4-8-24(25)27(31,18-26(29)19-6-2-1-3-7-19)20-10-14-23(15-11-20)30(32)33/h1-17,26,31H,18H2/t26-,27-/m1/s1. The summed E-state index contributed by atoms with van der Waals surface area (Å²) in [6.45, 7) is 0. The van der Waals surface area contributed by atoms with Crippen molar-refractivity contribution in [1.82, 2.24) is 0 Å². The highest BCUT2D eigenvalue weighted by Gasteiger charge is 2.44. The fourth-order valence-corrected chi connectivity index (χ4v) is 4.80. The molecular formula is C27H21ClN2O3. The van der Waals surface area contributed by atoms with Crippen LogP contribution in [-0.4, -0.2) is 10.0 Å². The first-order valence-corrected chi connectivity index (χ1v) is 11.0. The molecule has 5 nitrogen and oxygen atoms in total. The monoisotopic (exact) mass is 456 g/mol. The van der Waals surface area contributed by atoms with Gasteiger partial charge in [-0.3, -0.25) is 10.1 Å². The Morgan fingerprint density at radius 3 is 2.18 bits per heavy atom. The van der Waals surface area contributed by atoms with Gasteiger partial charge in [0.05, 0.1) is 11.0 Å². The Kier molecular flexibility index (Phi) is 5.36. The van der Waals surface area contributed by atoms with Gasteiger partial charge in [0, 0.05) is 40.5 Å². The normalized spacial score (nSPS) is 19.7. The van der Waals surface area contributed by atoms with E-state index in [1.54, 1.807) is 12.1 Å². The van der Waals surface area contributed by atoms with Crippen molar-refractivity contribution in [3.63, 3.8) is 0 Å². The van der Waals surface area contributed by atoms with Crippen LogP contribution >= 0.6 is 11.6 Å². The molecule has 2 atom stereocenters. The fraction of sp³-hybridized carbons (Fsp3) is 0.111. The quantitative estimate of drug-likeness (QED) is 0.272. The lowest BCUT2D eigenvalue weighted by atomic mass is 9.75. The molecule has 1 aliphatic rings. The zero-order valence-electron chi connectivity index (χ0n) is 17.6. The van der Waals surface area contributed by atoms with Gasteiger partial charge in [-0.25, -0.2) is 0 Å². The minimum Gasteiger partial charge on any atom is -0.380 e. The number of benzene rings is 4. The number of nitrogens with zero attached hydrogens (tertiary/aromatic N) is 2. The van der Waals surface area contributed by atoms with Crippen molar-refractivity contribution < 1.29 is 10.0 Å². The van der Waals surface area contributed by atoms with Gasteiger partial charge >= 0.3 is 0 Å². The van der Waals surface area contributed by atoms with Gasteiger partial charge in [0.15, 0.2) is 0 Å². The van der Waals surface area contributed by atoms with E-state index in [0.29, 0.717) is 17.0 Å². The topological polar surface area (TPSA) is 66.6 Å². The van der Waals surface area contributed by atoms with Crippen LogP contribution in [0.3, 0.4) is 0 Å². The first kappa shape index (κ1) is 21.2. The lowest BCUT2D eigenvalue weighted by Crippen LogP contribution is -2.41. The summed E-state index contributed by atoms with van der Waals surface area (Å²) in [6.07, 6.45) is 0.370. The molecular weight excluding hydrogens is 436 g/mol. The first-order valence-electron chi connectivity index (χ1n) is 10.6. The van der Waals surface area contributed by atoms with Crippen LogP contribution in [0.25, 0.3) is 0 Å². The van der Waals surface area contributed by atoms with Crippen molar-refractivity contribution in [3.05, 3.63) is 135 Å². The van der Waals surface area contributed by atoms with Gasteiger partial charge in [-0.2, -0.15) is 0 Å². The number of fused-ring (bicyclic) bond motifs is 1. The molecule has 0 radical (unpaired) electrons. The molecule has 0 bridgehead atoms. The summed E-state index contributed by atoms with van der Waals surface area (Å²) in [4.78, 5) is 12.9. The van der Waals surface area contributed by atoms with Gasteiger partial charge in [0.25, 0.3) is 5.69 Å². The molecule has 0 fully saturated rings. The molecule has 0 unspecified atom stereocenters. The second kappa shape index (κ2) is 8.35. The van der Waals surface area contributed by atoms with Crippen molar-refractivity contribution in [3.8, 4) is 0 Å². The lowest BCUT2D eigenvalue weighted by molar-refractivity contribution is -0.384. The number of nitro benzene ring substituents is 1. The Morgan fingerprint density at radius 2 is 1.52 bits per heavy atom. The molecule has 0 amide bonds. The Bertz CT molecular complexity index is 1290. The number of para-hydroxylation sites is 1. The van der Waals surface area contributed by atoms with E-state index in [4.69, 9.17) is 11.6 Å². The molecule has 0 saturated heterocycles. The maximum Gasteiger partial charge on any atom is 0.269 e. The summed E-state index contributed by atoms with van der Waals surface area (Å²) in [7, 11) is 0. The van der Waals surface area contributed by atoms with Crippen molar-refractivity contribution in [1.29, 1.82) is 0 Å². The van der Waals surface area contributed by atoms with Gasteiger partial charge in [0.1, 0.15) is 5.60 Å². The van der Waals surface area contributed by atoms with Crippen molar-refractivity contribution in [2.24, 2.45) is 0 Å². The average molecular weight is 457 g/mol. The number of rotatable bonds is 4. The second-order valence-electron chi connectivity index (χ2n) is 8.16. The van der Waals surface area contributed by atoms with E-state index in [9.17, 15) is 15.2 Å². The van der Waals surface area contributed by atoms with E-state index >= 15 is 0 Å². The van der Waals surface area contributed by atoms with Crippen molar-refractivity contribution >= 4 is 28.7 Å². The summed E-state index contributed by atoms with van der Waals surface area (Å²) in [5.41, 5.74) is 2.94. The molecule has 33 heavy (non-hydrogen) atoms. The number of non-ortho nitro benzene ring substituents is 1. The highest BCUT2D eigenvalue weighted by atomic mass is 35.5. The SMILES string of the molecule is O=[N+]([O-])c1ccc([C@]2(O)C[C@H](c3ccccc3)N(c3ccc(Cl)cc3)c3ccccc32)cc1. The van der Waals surface area contributed by atoms with Gasteiger partial charge in [-0.15, -0.1) is 0 Å². The Balaban J connectivity index is 1.72. The van der Waals surface area contributed by atoms with Gasteiger partial charge < -0.3 is 10.0 Å². The number of nitro groups is 1. The average Bonchev–Trinajstić information content (AvgIpc) is 2.85. The maximum atomic E-state index is 12.1. The lowest BCUT2D eigenvalue weighted by Gasteiger charge is -2.47. The van der Waals surface area contributed by atoms with E-state index in [2.05, 4.69) is 17.0 Å². The summed E-state index contributed by atoms with van der Waals surface area (Å²) >= 11 is 6.16. The summed E-state index contributed by atoms with van der Waals surface area (Å²) < 4.78 is 0. The summed E-state index contributed by atoms with van der Waals surface area (Å²) in [5, 5.41) is 24.0. The highest BCUT2D eigenvalue weighted by molar-refractivity contribution is 6.30. The minimum atomic E-state index is -1.32. The maximum absolute atomic E-state index is 12.1. The number of anilines is 2. The molecule has 0 saturated carbocycles. The zero-order valence-corrected chi connectivity index (χ0v) is 18.4. The third-order valence-electron chi connectivity index (χ3n) is 6.25. The third kappa shape index (κ3) is 3.75. The van der Waals surface area contributed by atoms with E-state index in [-0.39, 0.29) is 11.7 Å². The van der Waals surface area contributed by atoms with Gasteiger partial charge in [0.2, 0.25) is 0 Å². The minimum absolute atomic E-state index is 0.00570. The van der Waals surface area contributed by atoms with Crippen LogP contribution < -0.4 is 4.90 Å². The van der Waals surface area contributed by atoms with Crippen molar-refractivity contribution in [2.75, 3.05) is 4.90 Å².